The van der Waals surface area contributed by atoms with Gasteiger partial charge in [-0.1, -0.05) is 30.3 Å². The van der Waals surface area contributed by atoms with Crippen LogP contribution in [0.1, 0.15) is 17.2 Å². The van der Waals surface area contributed by atoms with E-state index in [-0.39, 0.29) is 18.3 Å². The van der Waals surface area contributed by atoms with Crippen LogP contribution in [-0.2, 0) is 11.0 Å². The first-order valence-corrected chi connectivity index (χ1v) is 8.80. The number of hydrogen-bond donors (Lipinski definition) is 3. The van der Waals surface area contributed by atoms with Crippen LogP contribution in [0.2, 0.25) is 0 Å². The molecule has 156 valence electrons. The number of alkyl halides is 3. The minimum atomic E-state index is -4.69. The van der Waals surface area contributed by atoms with Gasteiger partial charge < -0.3 is 15.5 Å². The van der Waals surface area contributed by atoms with Gasteiger partial charge in [0.25, 0.3) is 5.69 Å². The first-order valence-electron chi connectivity index (χ1n) is 8.80. The number of halogens is 3. The van der Waals surface area contributed by atoms with E-state index in [0.29, 0.717) is 12.6 Å². The molecule has 0 aliphatic heterocycles. The maximum Gasteiger partial charge on any atom is 0.416 e. The fraction of sp³-hybridized carbons (Fsp3) is 0.316. The monoisotopic (exact) mass is 411 g/mol. The minimum absolute atomic E-state index is 0.000514. The summed E-state index contributed by atoms with van der Waals surface area (Å²) in [4.78, 5) is 23.4. The van der Waals surface area contributed by atoms with Crippen molar-refractivity contribution in [2.24, 2.45) is 0 Å². The van der Waals surface area contributed by atoms with E-state index < -0.39 is 28.3 Å². The van der Waals surface area contributed by atoms with Crippen LogP contribution in [0.15, 0.2) is 48.5 Å². The summed E-state index contributed by atoms with van der Waals surface area (Å²) >= 11 is 0. The molecule has 1 atom stereocenters. The van der Waals surface area contributed by atoms with Crippen LogP contribution in [-0.4, -0.2) is 38.0 Å². The summed E-state index contributed by atoms with van der Waals surface area (Å²) in [5.74, 6) is -0.429. The van der Waals surface area contributed by atoms with E-state index in [0.717, 1.165) is 22.6 Å². The van der Waals surface area contributed by atoms with Crippen LogP contribution in [0.4, 0.5) is 24.5 Å². The molecule has 2 aromatic carbocycles. The maximum atomic E-state index is 12.7. The summed E-state index contributed by atoms with van der Waals surface area (Å²) in [7, 11) is 3.90. The average Bonchev–Trinajstić information content (AvgIpc) is 2.66. The van der Waals surface area contributed by atoms with Crippen LogP contribution in [0, 0.1) is 10.1 Å². The number of likely N-dealkylation sites (N-methyl/N-ethyl adjacent to an activating group) is 1. The molecule has 10 heteroatoms. The Bertz CT molecular complexity index is 858. The standard InChI is InChI=1S/C19H21F3N4O3/c1-25(2)17(13-6-4-3-5-7-13)11-24-18(27)12-23-15-9-8-14(19(20,21)22)10-16(15)26(28)29/h3-10,17,23H,11-12H2,1-2H3,(H,24,27)/p+1/t17-/m1/s1. The van der Waals surface area contributed by atoms with Gasteiger partial charge in [0.05, 0.1) is 37.7 Å². The van der Waals surface area contributed by atoms with Crippen molar-refractivity contribution in [3.05, 3.63) is 69.8 Å². The topological polar surface area (TPSA) is 88.7 Å². The number of nitrogens with zero attached hydrogens (tertiary/aromatic N) is 1. The highest BCUT2D eigenvalue weighted by atomic mass is 19.4. The maximum absolute atomic E-state index is 12.7. The van der Waals surface area contributed by atoms with Crippen molar-refractivity contribution in [1.82, 2.24) is 5.32 Å². The SMILES string of the molecule is C[NH+](C)[C@H](CNC(=O)CNc1ccc(C(F)(F)F)cc1[N+](=O)[O-])c1ccccc1. The molecule has 0 aromatic heterocycles. The van der Waals surface area contributed by atoms with Crippen molar-refractivity contribution in [3.8, 4) is 0 Å². The number of carbonyl (C=O) groups is 1. The molecule has 3 N–H and O–H groups in total. The number of benzene rings is 2. The summed E-state index contributed by atoms with van der Waals surface area (Å²) in [5, 5.41) is 16.4. The molecule has 0 saturated carbocycles. The first kappa shape index (κ1) is 22.2. The van der Waals surface area contributed by atoms with Gasteiger partial charge in [0, 0.05) is 11.6 Å². The van der Waals surface area contributed by atoms with E-state index in [1.165, 1.54) is 0 Å². The van der Waals surface area contributed by atoms with E-state index in [9.17, 15) is 28.1 Å². The van der Waals surface area contributed by atoms with Crippen molar-refractivity contribution < 1.29 is 27.8 Å². The third kappa shape index (κ3) is 6.18. The van der Waals surface area contributed by atoms with Crippen LogP contribution >= 0.6 is 0 Å². The molecule has 0 aliphatic carbocycles. The largest absolute Gasteiger partial charge is 0.416 e. The van der Waals surface area contributed by atoms with Gasteiger partial charge in [-0.3, -0.25) is 14.9 Å². The molecule has 0 saturated heterocycles. The van der Waals surface area contributed by atoms with Gasteiger partial charge in [0.15, 0.2) is 0 Å². The van der Waals surface area contributed by atoms with Crippen molar-refractivity contribution >= 4 is 17.3 Å². The third-order valence-corrected chi connectivity index (χ3v) is 4.36. The Morgan fingerprint density at radius 1 is 1.17 bits per heavy atom. The molecule has 2 rings (SSSR count). The van der Waals surface area contributed by atoms with Gasteiger partial charge in [0.1, 0.15) is 11.7 Å². The van der Waals surface area contributed by atoms with Crippen molar-refractivity contribution in [1.29, 1.82) is 0 Å². The Balaban J connectivity index is 2.01. The van der Waals surface area contributed by atoms with Gasteiger partial charge in [-0.15, -0.1) is 0 Å². The highest BCUT2D eigenvalue weighted by Gasteiger charge is 2.33. The normalized spacial score (nSPS) is 12.5. The average molecular weight is 411 g/mol. The zero-order chi connectivity index (χ0) is 21.6. The lowest BCUT2D eigenvalue weighted by Crippen LogP contribution is -3.07. The summed E-state index contributed by atoms with van der Waals surface area (Å²) in [6.45, 7) is 0.0262. The second-order valence-electron chi connectivity index (χ2n) is 6.69. The van der Waals surface area contributed by atoms with Crippen LogP contribution in [0.5, 0.6) is 0 Å². The predicted octanol–water partition coefficient (Wildman–Crippen LogP) is 2.03. The molecule has 0 aliphatic rings. The van der Waals surface area contributed by atoms with Gasteiger partial charge >= 0.3 is 6.18 Å². The molecular weight excluding hydrogens is 389 g/mol. The Morgan fingerprint density at radius 2 is 1.83 bits per heavy atom. The van der Waals surface area contributed by atoms with Gasteiger partial charge in [0.2, 0.25) is 5.91 Å². The molecule has 7 nitrogen and oxygen atoms in total. The fourth-order valence-corrected chi connectivity index (χ4v) is 2.80. The Morgan fingerprint density at radius 3 is 2.38 bits per heavy atom. The number of nitro groups is 1. The molecule has 0 heterocycles. The van der Waals surface area contributed by atoms with E-state index in [2.05, 4.69) is 10.6 Å². The quantitative estimate of drug-likeness (QED) is 0.458. The minimum Gasteiger partial charge on any atom is -0.371 e. The van der Waals surface area contributed by atoms with Gasteiger partial charge in [-0.2, -0.15) is 13.2 Å². The molecule has 0 radical (unpaired) electrons. The van der Waals surface area contributed by atoms with E-state index in [4.69, 9.17) is 0 Å². The molecular formula is C19H22F3N4O3+. The predicted molar refractivity (Wildman–Crippen MR) is 102 cm³/mol. The van der Waals surface area contributed by atoms with Gasteiger partial charge in [-0.05, 0) is 12.1 Å². The Labute approximate surface area is 165 Å². The lowest BCUT2D eigenvalue weighted by Gasteiger charge is -2.22. The van der Waals surface area contributed by atoms with Crippen molar-refractivity contribution in [2.45, 2.75) is 12.2 Å². The number of anilines is 1. The molecule has 1 amide bonds. The van der Waals surface area contributed by atoms with E-state index in [1.807, 2.05) is 44.4 Å². The third-order valence-electron chi connectivity index (χ3n) is 4.36. The number of hydrogen-bond acceptors (Lipinski definition) is 4. The molecule has 0 bridgehead atoms. The van der Waals surface area contributed by atoms with Gasteiger partial charge in [-0.25, -0.2) is 0 Å². The summed E-state index contributed by atoms with van der Waals surface area (Å²) in [6.07, 6.45) is -4.69. The van der Waals surface area contributed by atoms with Crippen molar-refractivity contribution in [3.63, 3.8) is 0 Å². The Kier molecular flexibility index (Phi) is 7.16. The van der Waals surface area contributed by atoms with Crippen LogP contribution in [0.3, 0.4) is 0 Å². The second-order valence-corrected chi connectivity index (χ2v) is 6.69. The van der Waals surface area contributed by atoms with E-state index in [1.54, 1.807) is 0 Å². The lowest BCUT2D eigenvalue weighted by atomic mass is 10.1. The van der Waals surface area contributed by atoms with Crippen LogP contribution in [0.25, 0.3) is 0 Å². The number of nitrogens with one attached hydrogen (secondary N) is 3. The molecule has 2 aromatic rings. The fourth-order valence-electron chi connectivity index (χ4n) is 2.80. The molecule has 0 unspecified atom stereocenters. The number of quaternary nitrogens is 1. The molecule has 29 heavy (non-hydrogen) atoms. The van der Waals surface area contributed by atoms with Crippen LogP contribution < -0.4 is 15.5 Å². The molecule has 0 spiro atoms. The second kappa shape index (κ2) is 9.37. The van der Waals surface area contributed by atoms with E-state index >= 15 is 0 Å². The molecule has 0 fully saturated rings. The zero-order valence-electron chi connectivity index (χ0n) is 15.9. The summed E-state index contributed by atoms with van der Waals surface area (Å²) < 4.78 is 38.2. The zero-order valence-corrected chi connectivity index (χ0v) is 15.9. The van der Waals surface area contributed by atoms with Crippen molar-refractivity contribution in [2.75, 3.05) is 32.5 Å². The highest BCUT2D eigenvalue weighted by molar-refractivity contribution is 5.81. The number of rotatable bonds is 8. The Hall–Kier alpha value is -3.14. The lowest BCUT2D eigenvalue weighted by molar-refractivity contribution is -0.890. The first-order chi connectivity index (χ1) is 13.6. The highest BCUT2D eigenvalue weighted by Crippen LogP contribution is 2.34. The number of carbonyl (C=O) groups excluding carboxylic acids is 1. The number of nitro benzene ring substituents is 1. The number of amides is 1. The smallest absolute Gasteiger partial charge is 0.371 e. The summed E-state index contributed by atoms with van der Waals surface area (Å²) in [5.41, 5.74) is -0.985. The summed E-state index contributed by atoms with van der Waals surface area (Å²) in [6, 6.07) is 11.7.